The van der Waals surface area contributed by atoms with E-state index in [1.807, 2.05) is 30.3 Å². The summed E-state index contributed by atoms with van der Waals surface area (Å²) in [5.74, 6) is 0.973. The van der Waals surface area contributed by atoms with E-state index in [0.29, 0.717) is 24.7 Å². The van der Waals surface area contributed by atoms with E-state index in [0.717, 1.165) is 18.4 Å². The van der Waals surface area contributed by atoms with Crippen molar-refractivity contribution in [1.29, 1.82) is 0 Å². The second-order valence-corrected chi connectivity index (χ2v) is 7.18. The summed E-state index contributed by atoms with van der Waals surface area (Å²) in [6, 6.07) is 9.53. The van der Waals surface area contributed by atoms with Gasteiger partial charge in [0.25, 0.3) is 0 Å². The summed E-state index contributed by atoms with van der Waals surface area (Å²) in [7, 11) is -3.24. The van der Waals surface area contributed by atoms with Gasteiger partial charge in [-0.05, 0) is 18.4 Å². The van der Waals surface area contributed by atoms with E-state index in [1.54, 1.807) is 0 Å². The maximum atomic E-state index is 11.8. The highest BCUT2D eigenvalue weighted by molar-refractivity contribution is 7.88. The molecule has 0 saturated carbocycles. The molecule has 0 N–H and O–H groups in total. The fraction of sp³-hybridized carbons (Fsp3) is 0.429. The maximum Gasteiger partial charge on any atom is 0.245 e. The number of benzene rings is 1. The maximum absolute atomic E-state index is 11.8. The predicted molar refractivity (Wildman–Crippen MR) is 77.1 cm³/mol. The van der Waals surface area contributed by atoms with Gasteiger partial charge in [-0.1, -0.05) is 35.5 Å². The lowest BCUT2D eigenvalue weighted by molar-refractivity contribution is 0.290. The first-order chi connectivity index (χ1) is 10.0. The summed E-state index contributed by atoms with van der Waals surface area (Å²) < 4.78 is 30.2. The number of sulfonamides is 1. The zero-order valence-corrected chi connectivity index (χ0v) is 12.6. The molecule has 1 unspecified atom stereocenters. The average molecular weight is 307 g/mol. The molecular formula is C14H17N3O3S. The Balaban J connectivity index is 1.79. The number of rotatable bonds is 4. The van der Waals surface area contributed by atoms with Crippen molar-refractivity contribution in [2.24, 2.45) is 0 Å². The number of hydrogen-bond donors (Lipinski definition) is 0. The van der Waals surface area contributed by atoms with Crippen molar-refractivity contribution >= 4 is 10.0 Å². The third kappa shape index (κ3) is 3.14. The Bertz CT molecular complexity index is 712. The SMILES string of the molecule is CS(=O)(=O)N1CCCC1c1nc(Cc2ccccc2)no1. The highest BCUT2D eigenvalue weighted by Gasteiger charge is 2.36. The lowest BCUT2D eigenvalue weighted by Gasteiger charge is -2.18. The summed E-state index contributed by atoms with van der Waals surface area (Å²) in [6.45, 7) is 0.514. The van der Waals surface area contributed by atoms with Gasteiger partial charge < -0.3 is 4.52 Å². The van der Waals surface area contributed by atoms with Crippen molar-refractivity contribution in [2.45, 2.75) is 25.3 Å². The van der Waals surface area contributed by atoms with Crippen LogP contribution < -0.4 is 0 Å². The Hall–Kier alpha value is -1.73. The number of aromatic nitrogens is 2. The molecule has 112 valence electrons. The minimum absolute atomic E-state index is 0.322. The molecule has 21 heavy (non-hydrogen) atoms. The minimum atomic E-state index is -3.24. The van der Waals surface area contributed by atoms with E-state index in [9.17, 15) is 8.42 Å². The van der Waals surface area contributed by atoms with Crippen molar-refractivity contribution in [3.05, 3.63) is 47.6 Å². The van der Waals surface area contributed by atoms with Crippen LogP contribution >= 0.6 is 0 Å². The highest BCUT2D eigenvalue weighted by atomic mass is 32.2. The molecule has 6 nitrogen and oxygen atoms in total. The van der Waals surface area contributed by atoms with E-state index in [1.165, 1.54) is 10.6 Å². The second-order valence-electron chi connectivity index (χ2n) is 5.24. The zero-order chi connectivity index (χ0) is 14.9. The molecule has 2 aromatic rings. The van der Waals surface area contributed by atoms with Gasteiger partial charge in [0.15, 0.2) is 5.82 Å². The molecule has 3 rings (SSSR count). The van der Waals surface area contributed by atoms with Crippen LogP contribution in [0, 0.1) is 0 Å². The van der Waals surface area contributed by atoms with Gasteiger partial charge in [0.2, 0.25) is 15.9 Å². The van der Waals surface area contributed by atoms with Crippen molar-refractivity contribution in [2.75, 3.05) is 12.8 Å². The molecule has 0 radical (unpaired) electrons. The monoisotopic (exact) mass is 307 g/mol. The van der Waals surface area contributed by atoms with Crippen LogP contribution in [-0.4, -0.2) is 35.7 Å². The van der Waals surface area contributed by atoms with Gasteiger partial charge in [-0.25, -0.2) is 8.42 Å². The van der Waals surface area contributed by atoms with Crippen LogP contribution in [-0.2, 0) is 16.4 Å². The van der Waals surface area contributed by atoms with Crippen LogP contribution in [0.1, 0.15) is 36.2 Å². The molecule has 0 bridgehead atoms. The van der Waals surface area contributed by atoms with Crippen LogP contribution in [0.25, 0.3) is 0 Å². The first-order valence-corrected chi connectivity index (χ1v) is 8.72. The van der Waals surface area contributed by atoms with Crippen LogP contribution in [0.15, 0.2) is 34.9 Å². The normalized spacial score (nSPS) is 20.0. The largest absolute Gasteiger partial charge is 0.338 e. The van der Waals surface area contributed by atoms with Gasteiger partial charge in [0, 0.05) is 13.0 Å². The van der Waals surface area contributed by atoms with Crippen LogP contribution in [0.3, 0.4) is 0 Å². The van der Waals surface area contributed by atoms with Crippen molar-refractivity contribution < 1.29 is 12.9 Å². The third-order valence-corrected chi connectivity index (χ3v) is 4.89. The fourth-order valence-electron chi connectivity index (χ4n) is 2.64. The summed E-state index contributed by atoms with van der Waals surface area (Å²) in [5, 5.41) is 3.96. The van der Waals surface area contributed by atoms with E-state index in [4.69, 9.17) is 4.52 Å². The van der Waals surface area contributed by atoms with Gasteiger partial charge in [-0.3, -0.25) is 0 Å². The van der Waals surface area contributed by atoms with Gasteiger partial charge in [-0.2, -0.15) is 9.29 Å². The quantitative estimate of drug-likeness (QED) is 0.860. The molecule has 2 heterocycles. The minimum Gasteiger partial charge on any atom is -0.338 e. The molecular weight excluding hydrogens is 290 g/mol. The van der Waals surface area contributed by atoms with E-state index >= 15 is 0 Å². The van der Waals surface area contributed by atoms with E-state index in [-0.39, 0.29) is 6.04 Å². The lowest BCUT2D eigenvalue weighted by Crippen LogP contribution is -2.29. The Morgan fingerprint density at radius 3 is 2.81 bits per heavy atom. The summed E-state index contributed by atoms with van der Waals surface area (Å²) in [5.41, 5.74) is 1.09. The average Bonchev–Trinajstić information content (AvgIpc) is 3.07. The highest BCUT2D eigenvalue weighted by Crippen LogP contribution is 2.32. The molecule has 0 spiro atoms. The predicted octanol–water partition coefficient (Wildman–Crippen LogP) is 1.76. The summed E-state index contributed by atoms with van der Waals surface area (Å²) in [6.07, 6.45) is 3.33. The van der Waals surface area contributed by atoms with Gasteiger partial charge in [0.1, 0.15) is 6.04 Å². The molecule has 7 heteroatoms. The standard InChI is InChI=1S/C14H17N3O3S/c1-21(18,19)17-9-5-8-12(17)14-15-13(16-20-14)10-11-6-3-2-4-7-11/h2-4,6-7,12H,5,8-10H2,1H3. The van der Waals surface area contributed by atoms with Gasteiger partial charge in [0.05, 0.1) is 6.26 Å². The first kappa shape index (κ1) is 14.2. The molecule has 1 aliphatic rings. The fourth-order valence-corrected chi connectivity index (χ4v) is 3.76. The summed E-state index contributed by atoms with van der Waals surface area (Å²) in [4.78, 5) is 4.37. The molecule has 1 saturated heterocycles. The number of hydrogen-bond acceptors (Lipinski definition) is 5. The topological polar surface area (TPSA) is 76.3 Å². The molecule has 0 amide bonds. The van der Waals surface area contributed by atoms with E-state index in [2.05, 4.69) is 10.1 Å². The van der Waals surface area contributed by atoms with Crippen LogP contribution in [0.4, 0.5) is 0 Å². The Kier molecular flexibility index (Phi) is 3.77. The molecule has 1 atom stereocenters. The lowest BCUT2D eigenvalue weighted by atomic mass is 10.1. The Morgan fingerprint density at radius 2 is 2.10 bits per heavy atom. The van der Waals surface area contributed by atoms with Crippen molar-refractivity contribution in [3.63, 3.8) is 0 Å². The van der Waals surface area contributed by atoms with Crippen LogP contribution in [0.5, 0.6) is 0 Å². The molecule has 0 aliphatic carbocycles. The van der Waals surface area contributed by atoms with Gasteiger partial charge in [-0.15, -0.1) is 0 Å². The van der Waals surface area contributed by atoms with Crippen molar-refractivity contribution in [1.82, 2.24) is 14.4 Å². The van der Waals surface area contributed by atoms with Gasteiger partial charge >= 0.3 is 0 Å². The molecule has 1 fully saturated rings. The summed E-state index contributed by atoms with van der Waals surface area (Å²) >= 11 is 0. The van der Waals surface area contributed by atoms with E-state index < -0.39 is 10.0 Å². The first-order valence-electron chi connectivity index (χ1n) is 6.87. The number of nitrogens with zero attached hydrogens (tertiary/aromatic N) is 3. The zero-order valence-electron chi connectivity index (χ0n) is 11.8. The smallest absolute Gasteiger partial charge is 0.245 e. The molecule has 1 aromatic carbocycles. The third-order valence-electron chi connectivity index (χ3n) is 3.60. The Labute approximate surface area is 123 Å². The molecule has 1 aromatic heterocycles. The second kappa shape index (κ2) is 5.57. The Morgan fingerprint density at radius 1 is 1.33 bits per heavy atom. The van der Waals surface area contributed by atoms with Crippen LogP contribution in [0.2, 0.25) is 0 Å². The molecule has 1 aliphatic heterocycles. The van der Waals surface area contributed by atoms with Crippen molar-refractivity contribution in [3.8, 4) is 0 Å².